The van der Waals surface area contributed by atoms with Crippen LogP contribution in [0, 0.1) is 46.8 Å². The Labute approximate surface area is 304 Å². The lowest BCUT2D eigenvalue weighted by atomic mass is 9.56. The van der Waals surface area contributed by atoms with Gasteiger partial charge in [0.2, 0.25) is 17.6 Å². The third kappa shape index (κ3) is 4.61. The fourth-order valence-electron chi connectivity index (χ4n) is 8.02. The topological polar surface area (TPSA) is 104 Å². The minimum Gasteiger partial charge on any atom is -0.504 e. The van der Waals surface area contributed by atoms with E-state index < -0.39 is 104 Å². The van der Waals surface area contributed by atoms with Crippen LogP contribution in [-0.4, -0.2) is 45.6 Å². The van der Waals surface area contributed by atoms with Gasteiger partial charge in [-0.3, -0.25) is 24.1 Å². The van der Waals surface area contributed by atoms with Gasteiger partial charge in [-0.25, -0.2) is 26.9 Å². The number of alkyl halides is 2. The van der Waals surface area contributed by atoms with Gasteiger partial charge in [0.15, 0.2) is 44.5 Å². The second kappa shape index (κ2) is 12.0. The number of hydrogen-bond acceptors (Lipinski definition) is 6. The molecule has 2 saturated heterocycles. The minimum atomic E-state index is -2.80. The third-order valence-electron chi connectivity index (χ3n) is 10.4. The van der Waals surface area contributed by atoms with E-state index in [0.717, 1.165) is 10.5 Å². The van der Waals surface area contributed by atoms with Crippen LogP contribution >= 0.6 is 39.1 Å². The molecule has 0 aromatic heterocycles. The standard InChI is InChI=1S/C35H24BrCl2F5N2O6/c1-3-13-4-6-15(7-5-13)44-30(47)17-9-8-16-19(21(17)31(44)48)12-34(37)32(49)45(28-26(42)24(40)23(39)25(41)27(28)43)33(50)35(34,38)22(16)18-10-14(36)11-20(51-2)29(18)46/h4-8,10-11,17,19,21-22,46H,3,9,12H2,1-2H3/t17-,19+,21-,22+,34+,35-/m0/s1. The van der Waals surface area contributed by atoms with E-state index >= 15 is 8.78 Å². The summed E-state index contributed by atoms with van der Waals surface area (Å²) in [6.07, 6.45) is 1.51. The van der Waals surface area contributed by atoms with Crippen molar-refractivity contribution in [1.82, 2.24) is 0 Å². The van der Waals surface area contributed by atoms with Crippen molar-refractivity contribution in [2.45, 2.75) is 41.9 Å². The molecule has 8 nitrogen and oxygen atoms in total. The summed E-state index contributed by atoms with van der Waals surface area (Å²) < 4.78 is 79.1. The maximum Gasteiger partial charge on any atom is 0.258 e. The molecule has 4 aliphatic rings. The number of carbonyl (C=O) groups is 4. The number of fused-ring (bicyclic) bond motifs is 4. The number of halogens is 8. The average molecular weight is 814 g/mol. The molecule has 4 amide bonds. The summed E-state index contributed by atoms with van der Waals surface area (Å²) in [6, 6.07) is 9.43. The number of ether oxygens (including phenoxy) is 1. The number of phenolic OH excluding ortho intramolecular Hbond substituents is 1. The molecule has 266 valence electrons. The highest BCUT2D eigenvalue weighted by atomic mass is 79.9. The van der Waals surface area contributed by atoms with Crippen molar-refractivity contribution in [2.75, 3.05) is 16.9 Å². The molecule has 0 unspecified atom stereocenters. The molecule has 16 heteroatoms. The molecule has 2 aliphatic heterocycles. The first-order chi connectivity index (χ1) is 24.0. The Morgan fingerprint density at radius 2 is 1.49 bits per heavy atom. The van der Waals surface area contributed by atoms with Gasteiger partial charge in [-0.1, -0.05) is 46.6 Å². The normalized spacial score (nSPS) is 28.5. The number of allylic oxidation sites excluding steroid dienone is 2. The van der Waals surface area contributed by atoms with Crippen LogP contribution in [0.2, 0.25) is 0 Å². The Balaban J connectivity index is 1.45. The fourth-order valence-corrected chi connectivity index (χ4v) is 9.40. The highest BCUT2D eigenvalue weighted by Crippen LogP contribution is 2.67. The minimum absolute atomic E-state index is 0.0568. The lowest BCUT2D eigenvalue weighted by molar-refractivity contribution is -0.125. The lowest BCUT2D eigenvalue weighted by Crippen LogP contribution is -2.60. The zero-order valence-corrected chi connectivity index (χ0v) is 29.5. The largest absolute Gasteiger partial charge is 0.504 e. The van der Waals surface area contributed by atoms with Crippen molar-refractivity contribution >= 4 is 74.1 Å². The molecule has 1 N–H and O–H groups in total. The van der Waals surface area contributed by atoms with Gasteiger partial charge in [-0.05, 0) is 55.0 Å². The fraction of sp³-hybridized carbons (Fsp3) is 0.314. The number of aryl methyl sites for hydroxylation is 1. The molecule has 7 rings (SSSR count). The number of phenols is 1. The molecular weight excluding hydrogens is 790 g/mol. The van der Waals surface area contributed by atoms with E-state index in [-0.39, 0.29) is 38.4 Å². The summed E-state index contributed by atoms with van der Waals surface area (Å²) in [5.74, 6) is -22.6. The monoisotopic (exact) mass is 812 g/mol. The quantitative estimate of drug-likeness (QED) is 0.0731. The van der Waals surface area contributed by atoms with Gasteiger partial charge in [-0.2, -0.15) is 0 Å². The van der Waals surface area contributed by atoms with Gasteiger partial charge in [0, 0.05) is 16.0 Å². The first-order valence-corrected chi connectivity index (χ1v) is 17.1. The summed E-state index contributed by atoms with van der Waals surface area (Å²) >= 11 is 17.6. The molecule has 0 bridgehead atoms. The number of carbonyl (C=O) groups excluding carboxylic acids is 4. The highest BCUT2D eigenvalue weighted by molar-refractivity contribution is 9.10. The molecule has 0 spiro atoms. The predicted octanol–water partition coefficient (Wildman–Crippen LogP) is 7.19. The summed E-state index contributed by atoms with van der Waals surface area (Å²) in [7, 11) is 1.22. The molecular formula is C35H24BrCl2F5N2O6. The van der Waals surface area contributed by atoms with Crippen LogP contribution in [-0.2, 0) is 25.6 Å². The van der Waals surface area contributed by atoms with Crippen LogP contribution in [0.3, 0.4) is 0 Å². The number of nitrogens with zero attached hydrogens (tertiary/aromatic N) is 2. The number of anilines is 2. The van der Waals surface area contributed by atoms with E-state index in [0.29, 0.717) is 6.42 Å². The Morgan fingerprint density at radius 1 is 0.882 bits per heavy atom. The van der Waals surface area contributed by atoms with Crippen LogP contribution in [0.15, 0.2) is 52.5 Å². The zero-order valence-electron chi connectivity index (χ0n) is 26.4. The SMILES string of the molecule is CCc1ccc(N2C(=O)[C@H]3[C@H](CC=C4[C@H]3C[C@@]3(Cl)C(=O)N(c5c(F)c(F)c(F)c(F)c5F)C(=O)[C@@]3(Cl)[C@H]4c3cc(Br)cc(OC)c3O)C2=O)cc1. The third-order valence-corrected chi connectivity index (χ3v) is 12.3. The molecule has 3 fully saturated rings. The average Bonchev–Trinajstić information content (AvgIpc) is 3.45. The first-order valence-electron chi connectivity index (χ1n) is 15.6. The predicted molar refractivity (Wildman–Crippen MR) is 177 cm³/mol. The Hall–Kier alpha value is -4.01. The number of amides is 4. The van der Waals surface area contributed by atoms with Crippen LogP contribution in [0.25, 0.3) is 0 Å². The zero-order chi connectivity index (χ0) is 37.1. The van der Waals surface area contributed by atoms with Crippen molar-refractivity contribution in [3.8, 4) is 11.5 Å². The van der Waals surface area contributed by atoms with E-state index in [4.69, 9.17) is 27.9 Å². The number of imide groups is 2. The van der Waals surface area contributed by atoms with Crippen molar-refractivity contribution in [1.29, 1.82) is 0 Å². The lowest BCUT2D eigenvalue weighted by Gasteiger charge is -2.50. The molecule has 3 aromatic rings. The second-order valence-electron chi connectivity index (χ2n) is 12.8. The van der Waals surface area contributed by atoms with Gasteiger partial charge in [-0.15, -0.1) is 23.2 Å². The summed E-state index contributed by atoms with van der Waals surface area (Å²) in [5, 5.41) is 11.4. The van der Waals surface area contributed by atoms with E-state index in [1.807, 2.05) is 6.92 Å². The van der Waals surface area contributed by atoms with Crippen molar-refractivity contribution in [2.24, 2.45) is 17.8 Å². The highest BCUT2D eigenvalue weighted by Gasteiger charge is 2.77. The number of rotatable bonds is 5. The maximum atomic E-state index is 15.3. The van der Waals surface area contributed by atoms with Crippen molar-refractivity contribution in [3.05, 3.63) is 92.7 Å². The molecule has 2 heterocycles. The summed E-state index contributed by atoms with van der Waals surface area (Å²) in [4.78, 5) is 52.1. The molecule has 51 heavy (non-hydrogen) atoms. The van der Waals surface area contributed by atoms with Gasteiger partial charge >= 0.3 is 0 Å². The van der Waals surface area contributed by atoms with Crippen LogP contribution < -0.4 is 14.5 Å². The Kier molecular flexibility index (Phi) is 8.34. The molecule has 2 aliphatic carbocycles. The van der Waals surface area contributed by atoms with Gasteiger partial charge in [0.1, 0.15) is 5.69 Å². The number of methoxy groups -OCH3 is 1. The van der Waals surface area contributed by atoms with E-state index in [1.165, 1.54) is 25.3 Å². The first kappa shape index (κ1) is 35.4. The van der Waals surface area contributed by atoms with Gasteiger partial charge in [0.25, 0.3) is 11.8 Å². The number of benzene rings is 3. The second-order valence-corrected chi connectivity index (χ2v) is 14.9. The van der Waals surface area contributed by atoms with Crippen molar-refractivity contribution < 1.29 is 51.0 Å². The maximum absolute atomic E-state index is 15.3. The molecule has 6 atom stereocenters. The van der Waals surface area contributed by atoms with Gasteiger partial charge in [0.05, 0.1) is 24.6 Å². The number of hydrogen-bond donors (Lipinski definition) is 1. The van der Waals surface area contributed by atoms with E-state index in [2.05, 4.69) is 15.9 Å². The molecule has 0 radical (unpaired) electrons. The Bertz CT molecular complexity index is 2110. The summed E-state index contributed by atoms with van der Waals surface area (Å²) in [5.41, 5.74) is -0.655. The van der Waals surface area contributed by atoms with E-state index in [9.17, 15) is 37.5 Å². The van der Waals surface area contributed by atoms with Crippen LogP contribution in [0.4, 0.5) is 33.3 Å². The van der Waals surface area contributed by atoms with Crippen molar-refractivity contribution in [3.63, 3.8) is 0 Å². The Morgan fingerprint density at radius 3 is 2.08 bits per heavy atom. The van der Waals surface area contributed by atoms with Crippen LogP contribution in [0.1, 0.15) is 36.8 Å². The van der Waals surface area contributed by atoms with Gasteiger partial charge < -0.3 is 9.84 Å². The van der Waals surface area contributed by atoms with E-state index in [1.54, 1.807) is 24.3 Å². The number of aromatic hydroxyl groups is 1. The molecule has 1 saturated carbocycles. The smallest absolute Gasteiger partial charge is 0.258 e. The summed E-state index contributed by atoms with van der Waals surface area (Å²) in [6.45, 7) is 1.93. The molecule has 3 aromatic carbocycles. The van der Waals surface area contributed by atoms with Crippen LogP contribution in [0.5, 0.6) is 11.5 Å².